The van der Waals surface area contributed by atoms with E-state index in [2.05, 4.69) is 10.1 Å². The molecule has 0 radical (unpaired) electrons. The third-order valence-corrected chi connectivity index (χ3v) is 3.96. The Morgan fingerprint density at radius 3 is 2.21 bits per heavy atom. The maximum Gasteiger partial charge on any atom is 0.273 e. The SMILES string of the molecule is O=c1cc(CO)nc2c(-c3ccccc3)c(-c3ccccc3)[nH]n12. The van der Waals surface area contributed by atoms with Crippen LogP contribution in [0.15, 0.2) is 71.5 Å². The molecule has 2 aromatic heterocycles. The van der Waals surface area contributed by atoms with Crippen molar-refractivity contribution in [2.45, 2.75) is 6.61 Å². The number of H-pyrrole nitrogens is 1. The topological polar surface area (TPSA) is 70.4 Å². The van der Waals surface area contributed by atoms with E-state index in [1.807, 2.05) is 60.7 Å². The van der Waals surface area contributed by atoms with Crippen molar-refractivity contribution in [1.82, 2.24) is 14.6 Å². The number of aliphatic hydroxyl groups is 1. The monoisotopic (exact) mass is 317 g/mol. The molecule has 0 saturated carbocycles. The summed E-state index contributed by atoms with van der Waals surface area (Å²) < 4.78 is 1.42. The Bertz CT molecular complexity index is 1050. The van der Waals surface area contributed by atoms with Gasteiger partial charge in [0.05, 0.1) is 23.6 Å². The normalized spacial score (nSPS) is 11.0. The van der Waals surface area contributed by atoms with Gasteiger partial charge in [0.15, 0.2) is 5.65 Å². The van der Waals surface area contributed by atoms with Gasteiger partial charge in [-0.2, -0.15) is 0 Å². The smallest absolute Gasteiger partial charge is 0.273 e. The van der Waals surface area contributed by atoms with E-state index in [-0.39, 0.29) is 12.2 Å². The van der Waals surface area contributed by atoms with E-state index in [4.69, 9.17) is 0 Å². The van der Waals surface area contributed by atoms with Crippen LogP contribution in [0.1, 0.15) is 5.69 Å². The van der Waals surface area contributed by atoms with Crippen LogP contribution in [0.3, 0.4) is 0 Å². The number of aromatic nitrogens is 3. The molecule has 0 aliphatic carbocycles. The third kappa shape index (κ3) is 2.31. The van der Waals surface area contributed by atoms with E-state index in [1.54, 1.807) is 0 Å². The van der Waals surface area contributed by atoms with E-state index in [9.17, 15) is 9.90 Å². The molecule has 0 bridgehead atoms. The molecule has 2 heterocycles. The van der Waals surface area contributed by atoms with Crippen LogP contribution >= 0.6 is 0 Å². The summed E-state index contributed by atoms with van der Waals surface area (Å²) in [7, 11) is 0. The number of rotatable bonds is 3. The van der Waals surface area contributed by atoms with Gasteiger partial charge in [0, 0.05) is 11.6 Å². The van der Waals surface area contributed by atoms with Crippen LogP contribution in [-0.2, 0) is 6.61 Å². The fourth-order valence-electron chi connectivity index (χ4n) is 2.86. The Kier molecular flexibility index (Phi) is 3.48. The first-order chi connectivity index (χ1) is 11.8. The zero-order valence-electron chi connectivity index (χ0n) is 12.8. The van der Waals surface area contributed by atoms with Crippen molar-refractivity contribution in [2.24, 2.45) is 0 Å². The highest BCUT2D eigenvalue weighted by atomic mass is 16.3. The molecule has 0 amide bonds. The molecule has 0 aliphatic heterocycles. The molecule has 2 N–H and O–H groups in total. The van der Waals surface area contributed by atoms with Crippen LogP contribution in [0.25, 0.3) is 28.0 Å². The van der Waals surface area contributed by atoms with E-state index < -0.39 is 0 Å². The fraction of sp³-hybridized carbons (Fsp3) is 0.0526. The molecule has 24 heavy (non-hydrogen) atoms. The molecular formula is C19H15N3O2. The Balaban J connectivity index is 2.12. The average molecular weight is 317 g/mol. The van der Waals surface area contributed by atoms with Gasteiger partial charge >= 0.3 is 0 Å². The predicted octanol–water partition coefficient (Wildman–Crippen LogP) is 2.85. The molecular weight excluding hydrogens is 302 g/mol. The summed E-state index contributed by atoms with van der Waals surface area (Å²) in [6.45, 7) is -0.272. The second-order valence-corrected chi connectivity index (χ2v) is 5.50. The fourth-order valence-corrected chi connectivity index (χ4v) is 2.86. The highest BCUT2D eigenvalue weighted by Crippen LogP contribution is 2.33. The molecule has 0 spiro atoms. The number of fused-ring (bicyclic) bond motifs is 1. The highest BCUT2D eigenvalue weighted by Gasteiger charge is 2.17. The quantitative estimate of drug-likeness (QED) is 0.610. The summed E-state index contributed by atoms with van der Waals surface area (Å²) in [5, 5.41) is 12.5. The van der Waals surface area contributed by atoms with Gasteiger partial charge in [-0.05, 0) is 5.56 Å². The van der Waals surface area contributed by atoms with Gasteiger partial charge in [-0.25, -0.2) is 9.50 Å². The van der Waals surface area contributed by atoms with Crippen molar-refractivity contribution in [3.8, 4) is 22.4 Å². The first-order valence-electron chi connectivity index (χ1n) is 7.64. The zero-order valence-corrected chi connectivity index (χ0v) is 12.8. The molecule has 118 valence electrons. The van der Waals surface area contributed by atoms with Crippen molar-refractivity contribution >= 4 is 5.65 Å². The van der Waals surface area contributed by atoms with E-state index >= 15 is 0 Å². The predicted molar refractivity (Wildman–Crippen MR) is 92.6 cm³/mol. The van der Waals surface area contributed by atoms with Gasteiger partial charge in [0.25, 0.3) is 5.56 Å². The van der Waals surface area contributed by atoms with Gasteiger partial charge in [-0.3, -0.25) is 9.89 Å². The first-order valence-corrected chi connectivity index (χ1v) is 7.64. The molecule has 0 aliphatic rings. The molecule has 4 rings (SSSR count). The van der Waals surface area contributed by atoms with Gasteiger partial charge < -0.3 is 5.11 Å². The van der Waals surface area contributed by atoms with Crippen molar-refractivity contribution in [2.75, 3.05) is 0 Å². The van der Waals surface area contributed by atoms with E-state index in [0.717, 1.165) is 22.4 Å². The van der Waals surface area contributed by atoms with Crippen LogP contribution in [0, 0.1) is 0 Å². The summed E-state index contributed by atoms with van der Waals surface area (Å²) in [6, 6.07) is 20.9. The molecule has 2 aromatic carbocycles. The van der Waals surface area contributed by atoms with Crippen molar-refractivity contribution in [3.63, 3.8) is 0 Å². The minimum atomic E-state index is -0.272. The number of hydrogen-bond acceptors (Lipinski definition) is 3. The molecule has 5 heteroatoms. The van der Waals surface area contributed by atoms with Crippen LogP contribution in [0.2, 0.25) is 0 Å². The van der Waals surface area contributed by atoms with Crippen LogP contribution in [-0.4, -0.2) is 19.7 Å². The lowest BCUT2D eigenvalue weighted by Gasteiger charge is -2.04. The van der Waals surface area contributed by atoms with Crippen molar-refractivity contribution < 1.29 is 5.11 Å². The Labute approximate surface area is 137 Å². The van der Waals surface area contributed by atoms with Gasteiger partial charge in [0.1, 0.15) is 0 Å². The van der Waals surface area contributed by atoms with Crippen molar-refractivity contribution in [3.05, 3.63) is 82.8 Å². The maximum absolute atomic E-state index is 12.4. The lowest BCUT2D eigenvalue weighted by Crippen LogP contribution is -2.15. The largest absolute Gasteiger partial charge is 0.390 e. The summed E-state index contributed by atoms with van der Waals surface area (Å²) in [6.07, 6.45) is 0. The van der Waals surface area contributed by atoms with Crippen LogP contribution in [0.5, 0.6) is 0 Å². The minimum absolute atomic E-state index is 0.247. The second-order valence-electron chi connectivity index (χ2n) is 5.50. The minimum Gasteiger partial charge on any atom is -0.390 e. The number of aromatic amines is 1. The van der Waals surface area contributed by atoms with Crippen LogP contribution in [0.4, 0.5) is 0 Å². The molecule has 4 aromatic rings. The van der Waals surface area contributed by atoms with Gasteiger partial charge in [-0.15, -0.1) is 0 Å². The van der Waals surface area contributed by atoms with E-state index in [0.29, 0.717) is 11.3 Å². The Morgan fingerprint density at radius 2 is 1.58 bits per heavy atom. The first kappa shape index (κ1) is 14.4. The maximum atomic E-state index is 12.4. The van der Waals surface area contributed by atoms with Gasteiger partial charge in [-0.1, -0.05) is 60.7 Å². The Morgan fingerprint density at radius 1 is 0.958 bits per heavy atom. The average Bonchev–Trinajstić information content (AvgIpc) is 3.03. The summed E-state index contributed by atoms with van der Waals surface area (Å²) in [5.74, 6) is 0. The zero-order chi connectivity index (χ0) is 16.5. The second kappa shape index (κ2) is 5.79. The molecule has 0 fully saturated rings. The highest BCUT2D eigenvalue weighted by molar-refractivity contribution is 5.90. The summed E-state index contributed by atoms with van der Waals surface area (Å²) in [5.41, 5.74) is 4.20. The number of hydrogen-bond donors (Lipinski definition) is 2. The molecule has 0 atom stereocenters. The van der Waals surface area contributed by atoms with Crippen molar-refractivity contribution in [1.29, 1.82) is 0 Å². The number of nitrogens with zero attached hydrogens (tertiary/aromatic N) is 2. The molecule has 0 unspecified atom stereocenters. The summed E-state index contributed by atoms with van der Waals surface area (Å²) in [4.78, 5) is 16.8. The number of aliphatic hydroxyl groups excluding tert-OH is 1. The van der Waals surface area contributed by atoms with Crippen LogP contribution < -0.4 is 5.56 Å². The lowest BCUT2D eigenvalue weighted by molar-refractivity contribution is 0.277. The lowest BCUT2D eigenvalue weighted by atomic mass is 10.0. The number of nitrogens with one attached hydrogen (secondary N) is 1. The molecule has 0 saturated heterocycles. The van der Waals surface area contributed by atoms with Gasteiger partial charge in [0.2, 0.25) is 0 Å². The third-order valence-electron chi connectivity index (χ3n) is 3.96. The standard InChI is InChI=1S/C19H15N3O2/c23-12-15-11-16(24)22-19(20-15)17(13-7-3-1-4-8-13)18(21-22)14-9-5-2-6-10-14/h1-11,21,23H,12H2. The number of benzene rings is 2. The van der Waals surface area contributed by atoms with E-state index in [1.165, 1.54) is 10.6 Å². The summed E-state index contributed by atoms with van der Waals surface area (Å²) >= 11 is 0. The molecule has 5 nitrogen and oxygen atoms in total. The Hall–Kier alpha value is -3.18.